The molecule has 0 amide bonds. The fraction of sp³-hybridized carbons (Fsp3) is 0. The first kappa shape index (κ1) is 12.8. The normalized spacial score (nSPS) is 11.1. The molecule has 0 aliphatic rings. The maximum atomic E-state index is 10.9. The Labute approximate surface area is 129 Å². The predicted molar refractivity (Wildman–Crippen MR) is 80.9 cm³/mol. The molecular formula is C12H6Br2N2O2S. The number of thiazole rings is 1. The zero-order valence-corrected chi connectivity index (χ0v) is 13.3. The van der Waals surface area contributed by atoms with E-state index in [1.165, 1.54) is 17.5 Å². The van der Waals surface area contributed by atoms with Crippen molar-refractivity contribution < 1.29 is 9.90 Å². The first-order valence-corrected chi connectivity index (χ1v) is 7.68. The Morgan fingerprint density at radius 3 is 2.89 bits per heavy atom. The van der Waals surface area contributed by atoms with Gasteiger partial charge in [-0.1, -0.05) is 31.9 Å². The van der Waals surface area contributed by atoms with Gasteiger partial charge in [0.05, 0.1) is 5.69 Å². The summed E-state index contributed by atoms with van der Waals surface area (Å²) in [6.45, 7) is 0. The van der Waals surface area contributed by atoms with E-state index in [4.69, 9.17) is 5.11 Å². The second-order valence-corrected chi connectivity index (χ2v) is 6.44. The monoisotopic (exact) mass is 400 g/mol. The van der Waals surface area contributed by atoms with Gasteiger partial charge in [-0.25, -0.2) is 9.78 Å². The third-order valence-corrected chi connectivity index (χ3v) is 4.66. The zero-order chi connectivity index (χ0) is 13.6. The van der Waals surface area contributed by atoms with Crippen molar-refractivity contribution in [1.82, 2.24) is 9.38 Å². The number of hydrogen-bond donors (Lipinski definition) is 1. The Bertz CT molecular complexity index is 794. The maximum Gasteiger partial charge on any atom is 0.356 e. The van der Waals surface area contributed by atoms with E-state index in [1.807, 2.05) is 23.6 Å². The highest BCUT2D eigenvalue weighted by atomic mass is 79.9. The molecule has 0 aliphatic heterocycles. The number of hydrogen-bond acceptors (Lipinski definition) is 3. The number of nitrogens with zero attached hydrogens (tertiary/aromatic N) is 2. The van der Waals surface area contributed by atoms with Crippen LogP contribution in [-0.4, -0.2) is 20.5 Å². The van der Waals surface area contributed by atoms with Crippen LogP contribution in [0.5, 0.6) is 0 Å². The second-order valence-electron chi connectivity index (χ2n) is 3.83. The van der Waals surface area contributed by atoms with Crippen molar-refractivity contribution in [1.29, 1.82) is 0 Å². The van der Waals surface area contributed by atoms with Gasteiger partial charge in [-0.3, -0.25) is 4.40 Å². The van der Waals surface area contributed by atoms with Crippen LogP contribution in [0.2, 0.25) is 0 Å². The molecule has 0 aliphatic carbocycles. The number of carboxylic acids is 1. The zero-order valence-electron chi connectivity index (χ0n) is 9.30. The third kappa shape index (κ3) is 2.22. The van der Waals surface area contributed by atoms with Gasteiger partial charge in [-0.2, -0.15) is 0 Å². The minimum Gasteiger partial charge on any atom is -0.476 e. The van der Waals surface area contributed by atoms with E-state index in [9.17, 15) is 4.79 Å². The molecular weight excluding hydrogens is 396 g/mol. The first-order valence-electron chi connectivity index (χ1n) is 5.21. The van der Waals surface area contributed by atoms with E-state index in [1.54, 1.807) is 4.40 Å². The fourth-order valence-electron chi connectivity index (χ4n) is 1.77. The molecule has 0 saturated carbocycles. The molecule has 2 aromatic heterocycles. The van der Waals surface area contributed by atoms with Gasteiger partial charge in [-0.15, -0.1) is 11.3 Å². The Morgan fingerprint density at radius 2 is 2.16 bits per heavy atom. The summed E-state index contributed by atoms with van der Waals surface area (Å²) in [6, 6.07) is 5.86. The summed E-state index contributed by atoms with van der Waals surface area (Å²) in [5.41, 5.74) is 1.95. The highest BCUT2D eigenvalue weighted by Gasteiger charge is 2.15. The molecule has 0 unspecified atom stereocenters. The SMILES string of the molecule is O=C(O)c1cn2c(-c3cc(Br)ccc3Br)csc2n1. The van der Waals surface area contributed by atoms with Crippen LogP contribution in [0.4, 0.5) is 0 Å². The average Bonchev–Trinajstić information content (AvgIpc) is 2.92. The van der Waals surface area contributed by atoms with Crippen LogP contribution < -0.4 is 0 Å². The van der Waals surface area contributed by atoms with Crippen LogP contribution in [0.15, 0.2) is 38.7 Å². The van der Waals surface area contributed by atoms with Crippen molar-refractivity contribution in [2.75, 3.05) is 0 Å². The number of aromatic carboxylic acids is 1. The number of imidazole rings is 1. The number of rotatable bonds is 2. The van der Waals surface area contributed by atoms with E-state index in [0.717, 1.165) is 20.2 Å². The van der Waals surface area contributed by atoms with Gasteiger partial charge >= 0.3 is 5.97 Å². The lowest BCUT2D eigenvalue weighted by Crippen LogP contribution is -1.95. The summed E-state index contributed by atoms with van der Waals surface area (Å²) in [5.74, 6) is -1.02. The average molecular weight is 402 g/mol. The number of carbonyl (C=O) groups is 1. The summed E-state index contributed by atoms with van der Waals surface area (Å²) in [6.07, 6.45) is 1.54. The summed E-state index contributed by atoms with van der Waals surface area (Å²) in [4.78, 5) is 15.7. The molecule has 0 atom stereocenters. The van der Waals surface area contributed by atoms with Gasteiger partial charge in [0.25, 0.3) is 0 Å². The highest BCUT2D eigenvalue weighted by Crippen LogP contribution is 2.33. The van der Waals surface area contributed by atoms with Crippen molar-refractivity contribution >= 4 is 54.1 Å². The van der Waals surface area contributed by atoms with Gasteiger partial charge in [0, 0.05) is 26.1 Å². The fourth-order valence-corrected chi connectivity index (χ4v) is 3.46. The molecule has 7 heteroatoms. The molecule has 3 rings (SSSR count). The maximum absolute atomic E-state index is 10.9. The number of aromatic nitrogens is 2. The molecule has 1 aromatic carbocycles. The van der Waals surface area contributed by atoms with Gasteiger partial charge in [0.2, 0.25) is 0 Å². The van der Waals surface area contributed by atoms with Crippen molar-refractivity contribution in [3.63, 3.8) is 0 Å². The Hall–Kier alpha value is -1.18. The van der Waals surface area contributed by atoms with Gasteiger partial charge in [0.15, 0.2) is 10.7 Å². The van der Waals surface area contributed by atoms with Crippen LogP contribution in [-0.2, 0) is 0 Å². The van der Waals surface area contributed by atoms with Crippen molar-refractivity contribution in [3.05, 3.63) is 44.4 Å². The third-order valence-electron chi connectivity index (χ3n) is 2.63. The Balaban J connectivity index is 2.24. The minimum absolute atomic E-state index is 0.0548. The van der Waals surface area contributed by atoms with E-state index in [2.05, 4.69) is 36.8 Å². The van der Waals surface area contributed by atoms with E-state index >= 15 is 0 Å². The van der Waals surface area contributed by atoms with Gasteiger partial charge in [-0.05, 0) is 18.2 Å². The molecule has 96 valence electrons. The molecule has 0 bridgehead atoms. The minimum atomic E-state index is -1.02. The van der Waals surface area contributed by atoms with Crippen molar-refractivity contribution in [2.24, 2.45) is 0 Å². The quantitative estimate of drug-likeness (QED) is 0.696. The van der Waals surface area contributed by atoms with Crippen LogP contribution >= 0.6 is 43.2 Å². The van der Waals surface area contributed by atoms with E-state index in [-0.39, 0.29) is 5.69 Å². The topological polar surface area (TPSA) is 54.6 Å². The standard InChI is InChI=1S/C12H6Br2N2O2S/c13-6-1-2-8(14)7(3-6)10-5-19-12-15-9(11(17)18)4-16(10)12/h1-5H,(H,17,18). The lowest BCUT2D eigenvalue weighted by atomic mass is 10.2. The molecule has 1 N–H and O–H groups in total. The van der Waals surface area contributed by atoms with Crippen LogP contribution in [0.1, 0.15) is 10.5 Å². The molecule has 0 saturated heterocycles. The number of carboxylic acid groups (broad SMARTS) is 1. The van der Waals surface area contributed by atoms with Crippen LogP contribution in [0.25, 0.3) is 16.2 Å². The van der Waals surface area contributed by atoms with Crippen molar-refractivity contribution in [3.8, 4) is 11.3 Å². The Kier molecular flexibility index (Phi) is 3.20. The Morgan fingerprint density at radius 1 is 1.37 bits per heavy atom. The van der Waals surface area contributed by atoms with Crippen LogP contribution in [0, 0.1) is 0 Å². The van der Waals surface area contributed by atoms with Gasteiger partial charge < -0.3 is 5.11 Å². The van der Waals surface area contributed by atoms with E-state index in [0.29, 0.717) is 4.96 Å². The van der Waals surface area contributed by atoms with E-state index < -0.39 is 5.97 Å². The molecule has 19 heavy (non-hydrogen) atoms. The highest BCUT2D eigenvalue weighted by molar-refractivity contribution is 9.11. The summed E-state index contributed by atoms with van der Waals surface area (Å²) >= 11 is 8.36. The molecule has 2 heterocycles. The first-order chi connectivity index (χ1) is 9.06. The number of halogens is 2. The molecule has 0 fully saturated rings. The number of fused-ring (bicyclic) bond motifs is 1. The smallest absolute Gasteiger partial charge is 0.356 e. The van der Waals surface area contributed by atoms with Gasteiger partial charge in [0.1, 0.15) is 0 Å². The lowest BCUT2D eigenvalue weighted by molar-refractivity contribution is 0.0691. The molecule has 0 radical (unpaired) electrons. The number of benzene rings is 1. The summed E-state index contributed by atoms with van der Waals surface area (Å²) in [5, 5.41) is 10.9. The summed E-state index contributed by atoms with van der Waals surface area (Å²) < 4.78 is 3.70. The molecule has 3 aromatic rings. The van der Waals surface area contributed by atoms with Crippen molar-refractivity contribution in [2.45, 2.75) is 0 Å². The van der Waals surface area contributed by atoms with Crippen LogP contribution in [0.3, 0.4) is 0 Å². The molecule has 0 spiro atoms. The second kappa shape index (κ2) is 4.73. The largest absolute Gasteiger partial charge is 0.476 e. The summed E-state index contributed by atoms with van der Waals surface area (Å²) in [7, 11) is 0. The predicted octanol–water partition coefficient (Wildman–Crippen LogP) is 4.29. The molecule has 4 nitrogen and oxygen atoms in total. The lowest BCUT2D eigenvalue weighted by Gasteiger charge is -2.03.